The second-order valence-corrected chi connectivity index (χ2v) is 5.34. The van der Waals surface area contributed by atoms with Gasteiger partial charge in [0.25, 0.3) is 0 Å². The van der Waals surface area contributed by atoms with Crippen LogP contribution in [0.1, 0.15) is 44.9 Å². The highest BCUT2D eigenvalue weighted by Crippen LogP contribution is 2.29. The van der Waals surface area contributed by atoms with Gasteiger partial charge in [0.05, 0.1) is 12.1 Å². The Balaban J connectivity index is 2.07. The first-order valence-corrected chi connectivity index (χ1v) is 6.89. The Hall–Kier alpha value is -1.09. The fourth-order valence-corrected chi connectivity index (χ4v) is 2.74. The zero-order valence-corrected chi connectivity index (χ0v) is 10.8. The zero-order valence-electron chi connectivity index (χ0n) is 10.8. The van der Waals surface area contributed by atoms with Crippen LogP contribution >= 0.6 is 0 Å². The molecule has 2 rings (SSSR count). The number of aliphatic hydroxyl groups excluding tert-OH is 1. The average Bonchev–Trinajstić information content (AvgIpc) is 2.36. The van der Waals surface area contributed by atoms with Crippen LogP contribution in [0.5, 0.6) is 0 Å². The molecular formula is C15H22FNO. The molecule has 1 aromatic carbocycles. The van der Waals surface area contributed by atoms with Crippen LogP contribution in [-0.2, 0) is 0 Å². The van der Waals surface area contributed by atoms with Gasteiger partial charge in [0.15, 0.2) is 0 Å². The number of rotatable bonds is 3. The Bertz CT molecular complexity index is 355. The third-order valence-corrected chi connectivity index (χ3v) is 3.87. The SMILES string of the molecule is OCC1(Nc2ccc(F)cc2)CCCCCCC1. The van der Waals surface area contributed by atoms with Crippen LogP contribution in [0.25, 0.3) is 0 Å². The fraction of sp³-hybridized carbons (Fsp3) is 0.600. The van der Waals surface area contributed by atoms with Gasteiger partial charge in [0.2, 0.25) is 0 Å². The van der Waals surface area contributed by atoms with Crippen molar-refractivity contribution in [2.75, 3.05) is 11.9 Å². The maximum absolute atomic E-state index is 12.9. The van der Waals surface area contributed by atoms with E-state index >= 15 is 0 Å². The predicted molar refractivity (Wildman–Crippen MR) is 72.2 cm³/mol. The summed E-state index contributed by atoms with van der Waals surface area (Å²) in [4.78, 5) is 0. The molecule has 18 heavy (non-hydrogen) atoms. The van der Waals surface area contributed by atoms with Crippen molar-refractivity contribution in [3.8, 4) is 0 Å². The molecule has 1 aromatic rings. The molecular weight excluding hydrogens is 229 g/mol. The summed E-state index contributed by atoms with van der Waals surface area (Å²) >= 11 is 0. The molecule has 0 amide bonds. The van der Waals surface area contributed by atoms with Gasteiger partial charge in [-0.05, 0) is 37.1 Å². The van der Waals surface area contributed by atoms with E-state index in [1.165, 1.54) is 31.4 Å². The lowest BCUT2D eigenvalue weighted by atomic mass is 9.84. The van der Waals surface area contributed by atoms with Crippen LogP contribution < -0.4 is 5.32 Å². The van der Waals surface area contributed by atoms with Crippen LogP contribution in [-0.4, -0.2) is 17.3 Å². The van der Waals surface area contributed by atoms with Crippen molar-refractivity contribution in [2.24, 2.45) is 0 Å². The number of halogens is 1. The molecule has 100 valence electrons. The number of hydrogen-bond donors (Lipinski definition) is 2. The lowest BCUT2D eigenvalue weighted by Gasteiger charge is -2.35. The summed E-state index contributed by atoms with van der Waals surface area (Å²) < 4.78 is 12.9. The van der Waals surface area contributed by atoms with Crippen LogP contribution in [0.4, 0.5) is 10.1 Å². The third-order valence-electron chi connectivity index (χ3n) is 3.87. The zero-order chi connectivity index (χ0) is 12.8. The van der Waals surface area contributed by atoms with E-state index in [0.29, 0.717) is 0 Å². The number of anilines is 1. The van der Waals surface area contributed by atoms with E-state index in [1.807, 2.05) is 0 Å². The normalized spacial score (nSPS) is 19.9. The minimum atomic E-state index is -0.226. The monoisotopic (exact) mass is 251 g/mol. The van der Waals surface area contributed by atoms with Crippen molar-refractivity contribution < 1.29 is 9.50 Å². The van der Waals surface area contributed by atoms with Crippen LogP contribution in [0.2, 0.25) is 0 Å². The predicted octanol–water partition coefficient (Wildman–Crippen LogP) is 3.71. The van der Waals surface area contributed by atoms with E-state index in [2.05, 4.69) is 5.32 Å². The molecule has 2 N–H and O–H groups in total. The average molecular weight is 251 g/mol. The van der Waals surface area contributed by atoms with E-state index in [9.17, 15) is 9.50 Å². The molecule has 3 heteroatoms. The molecule has 0 aromatic heterocycles. The summed E-state index contributed by atoms with van der Waals surface area (Å²) in [6.45, 7) is 0.143. The first kappa shape index (κ1) is 13.3. The number of nitrogens with one attached hydrogen (secondary N) is 1. The highest BCUT2D eigenvalue weighted by atomic mass is 19.1. The highest BCUT2D eigenvalue weighted by molar-refractivity contribution is 5.45. The molecule has 0 aliphatic heterocycles. The van der Waals surface area contributed by atoms with Crippen molar-refractivity contribution in [3.05, 3.63) is 30.1 Å². The van der Waals surface area contributed by atoms with Crippen LogP contribution in [0.3, 0.4) is 0 Å². The van der Waals surface area contributed by atoms with Gasteiger partial charge in [0.1, 0.15) is 5.82 Å². The first-order chi connectivity index (χ1) is 8.74. The largest absolute Gasteiger partial charge is 0.394 e. The molecule has 1 saturated carbocycles. The molecule has 0 radical (unpaired) electrons. The van der Waals surface area contributed by atoms with E-state index in [-0.39, 0.29) is 18.0 Å². The van der Waals surface area contributed by atoms with Gasteiger partial charge in [-0.25, -0.2) is 4.39 Å². The van der Waals surface area contributed by atoms with Gasteiger partial charge in [-0.15, -0.1) is 0 Å². The Kier molecular flexibility index (Phi) is 4.59. The Morgan fingerprint density at radius 3 is 2.11 bits per heavy atom. The Morgan fingerprint density at radius 1 is 1.00 bits per heavy atom. The molecule has 0 heterocycles. The molecule has 2 nitrogen and oxygen atoms in total. The topological polar surface area (TPSA) is 32.3 Å². The minimum absolute atomic E-state index is 0.143. The number of benzene rings is 1. The molecule has 1 aliphatic carbocycles. The van der Waals surface area contributed by atoms with Crippen molar-refractivity contribution >= 4 is 5.69 Å². The van der Waals surface area contributed by atoms with E-state index in [1.54, 1.807) is 12.1 Å². The van der Waals surface area contributed by atoms with Gasteiger partial charge in [-0.3, -0.25) is 0 Å². The molecule has 0 unspecified atom stereocenters. The summed E-state index contributed by atoms with van der Waals surface area (Å²) in [6.07, 6.45) is 8.06. The van der Waals surface area contributed by atoms with Crippen LogP contribution in [0, 0.1) is 5.82 Å². The quantitative estimate of drug-likeness (QED) is 0.858. The molecule has 0 bridgehead atoms. The van der Waals surface area contributed by atoms with Gasteiger partial charge in [0, 0.05) is 5.69 Å². The first-order valence-electron chi connectivity index (χ1n) is 6.89. The maximum Gasteiger partial charge on any atom is 0.123 e. The van der Waals surface area contributed by atoms with Crippen molar-refractivity contribution in [1.82, 2.24) is 0 Å². The summed E-state index contributed by atoms with van der Waals surface area (Å²) in [7, 11) is 0. The number of hydrogen-bond acceptors (Lipinski definition) is 2. The Morgan fingerprint density at radius 2 is 1.56 bits per heavy atom. The molecule has 0 saturated heterocycles. The van der Waals surface area contributed by atoms with Gasteiger partial charge < -0.3 is 10.4 Å². The minimum Gasteiger partial charge on any atom is -0.394 e. The lowest BCUT2D eigenvalue weighted by Crippen LogP contribution is -2.42. The summed E-state index contributed by atoms with van der Waals surface area (Å²) in [5.41, 5.74) is 0.671. The van der Waals surface area contributed by atoms with E-state index in [4.69, 9.17) is 0 Å². The smallest absolute Gasteiger partial charge is 0.123 e. The standard InChI is InChI=1S/C15H22FNO/c16-13-6-8-14(9-7-13)17-15(12-18)10-4-2-1-3-5-11-15/h6-9,17-18H,1-5,10-12H2. The molecule has 1 aliphatic rings. The lowest BCUT2D eigenvalue weighted by molar-refractivity contribution is 0.182. The number of aliphatic hydroxyl groups is 1. The highest BCUT2D eigenvalue weighted by Gasteiger charge is 2.29. The van der Waals surface area contributed by atoms with E-state index < -0.39 is 0 Å². The second kappa shape index (κ2) is 6.19. The van der Waals surface area contributed by atoms with Gasteiger partial charge >= 0.3 is 0 Å². The summed E-state index contributed by atoms with van der Waals surface area (Å²) in [5.74, 6) is -0.226. The fourth-order valence-electron chi connectivity index (χ4n) is 2.74. The van der Waals surface area contributed by atoms with Crippen molar-refractivity contribution in [3.63, 3.8) is 0 Å². The van der Waals surface area contributed by atoms with Gasteiger partial charge in [-0.2, -0.15) is 0 Å². The van der Waals surface area contributed by atoms with Gasteiger partial charge in [-0.1, -0.05) is 32.1 Å². The van der Waals surface area contributed by atoms with Crippen LogP contribution in [0.15, 0.2) is 24.3 Å². The summed E-state index contributed by atoms with van der Waals surface area (Å²) in [5, 5.41) is 13.2. The van der Waals surface area contributed by atoms with Crippen molar-refractivity contribution in [1.29, 1.82) is 0 Å². The molecule has 1 fully saturated rings. The molecule has 0 spiro atoms. The maximum atomic E-state index is 12.9. The molecule has 0 atom stereocenters. The second-order valence-electron chi connectivity index (χ2n) is 5.34. The van der Waals surface area contributed by atoms with Crippen molar-refractivity contribution in [2.45, 2.75) is 50.5 Å². The third kappa shape index (κ3) is 3.45. The van der Waals surface area contributed by atoms with E-state index in [0.717, 1.165) is 31.4 Å². The Labute approximate surface area is 108 Å². The summed E-state index contributed by atoms with van der Waals surface area (Å²) in [6, 6.07) is 6.39.